The number of carbonyl (C=O) groups excluding carboxylic acids is 1. The van der Waals surface area contributed by atoms with Crippen LogP contribution in [0.25, 0.3) is 0 Å². The zero-order valence-electron chi connectivity index (χ0n) is 19.1. The summed E-state index contributed by atoms with van der Waals surface area (Å²) in [5.41, 5.74) is 2.84. The monoisotopic (exact) mass is 459 g/mol. The van der Waals surface area contributed by atoms with Gasteiger partial charge in [-0.3, -0.25) is 9.69 Å². The fourth-order valence-electron chi connectivity index (χ4n) is 3.50. The Morgan fingerprint density at radius 1 is 1.06 bits per heavy atom. The highest BCUT2D eigenvalue weighted by atomic mass is 32.2. The molecule has 0 saturated carbocycles. The topological polar surface area (TPSA) is 87.7 Å². The van der Waals surface area contributed by atoms with Gasteiger partial charge in [0, 0.05) is 38.3 Å². The summed E-state index contributed by atoms with van der Waals surface area (Å²) in [5.74, 6) is -0.237. The van der Waals surface area contributed by atoms with Gasteiger partial charge in [-0.05, 0) is 40.8 Å². The number of anilines is 1. The summed E-state index contributed by atoms with van der Waals surface area (Å²) in [4.78, 5) is 14.8. The largest absolute Gasteiger partial charge is 0.379 e. The summed E-state index contributed by atoms with van der Waals surface area (Å²) < 4.78 is 32.9. The van der Waals surface area contributed by atoms with Crippen molar-refractivity contribution in [3.05, 3.63) is 59.7 Å². The van der Waals surface area contributed by atoms with E-state index in [1.165, 1.54) is 0 Å². The minimum atomic E-state index is -3.66. The maximum Gasteiger partial charge on any atom is 0.240 e. The number of nitrogens with zero attached hydrogens (tertiary/aromatic N) is 1. The zero-order chi connectivity index (χ0) is 23.2. The Balaban J connectivity index is 1.49. The van der Waals surface area contributed by atoms with Crippen LogP contribution in [0.1, 0.15) is 38.3 Å². The van der Waals surface area contributed by atoms with Crippen LogP contribution in [-0.4, -0.2) is 52.1 Å². The fraction of sp³-hybridized carbons (Fsp3) is 0.458. The third-order valence-corrected chi connectivity index (χ3v) is 6.87. The van der Waals surface area contributed by atoms with Crippen LogP contribution in [0.4, 0.5) is 5.69 Å². The Morgan fingerprint density at radius 2 is 1.75 bits per heavy atom. The van der Waals surface area contributed by atoms with Gasteiger partial charge in [-0.15, -0.1) is 0 Å². The van der Waals surface area contributed by atoms with Gasteiger partial charge in [0.1, 0.15) is 0 Å². The van der Waals surface area contributed by atoms with Crippen molar-refractivity contribution in [1.29, 1.82) is 0 Å². The molecule has 0 aliphatic carbocycles. The second-order valence-electron chi connectivity index (χ2n) is 9.06. The highest BCUT2D eigenvalue weighted by Crippen LogP contribution is 2.23. The minimum Gasteiger partial charge on any atom is -0.379 e. The van der Waals surface area contributed by atoms with Gasteiger partial charge in [-0.1, -0.05) is 45.0 Å². The first-order valence-electron chi connectivity index (χ1n) is 10.9. The lowest BCUT2D eigenvalue weighted by Crippen LogP contribution is -2.35. The van der Waals surface area contributed by atoms with Crippen LogP contribution < -0.4 is 10.0 Å². The van der Waals surface area contributed by atoms with Gasteiger partial charge < -0.3 is 10.1 Å². The molecule has 174 valence electrons. The molecule has 0 spiro atoms. The molecular formula is C24H33N3O4S. The quantitative estimate of drug-likeness (QED) is 0.633. The molecule has 0 aromatic heterocycles. The number of benzene rings is 2. The molecule has 1 aliphatic rings. The molecule has 7 nitrogen and oxygen atoms in total. The Kier molecular flexibility index (Phi) is 8.05. The van der Waals surface area contributed by atoms with Gasteiger partial charge in [0.2, 0.25) is 15.9 Å². The smallest absolute Gasteiger partial charge is 0.240 e. The molecule has 2 aromatic carbocycles. The second-order valence-corrected chi connectivity index (χ2v) is 10.8. The van der Waals surface area contributed by atoms with E-state index in [4.69, 9.17) is 4.74 Å². The molecule has 1 heterocycles. The Labute approximate surface area is 191 Å². The summed E-state index contributed by atoms with van der Waals surface area (Å²) in [5, 5.41) is 2.85. The molecule has 2 N–H and O–H groups in total. The first-order chi connectivity index (χ1) is 15.1. The molecule has 0 unspecified atom stereocenters. The first-order valence-corrected chi connectivity index (χ1v) is 12.4. The highest BCUT2D eigenvalue weighted by Gasteiger charge is 2.18. The van der Waals surface area contributed by atoms with E-state index in [-0.39, 0.29) is 29.2 Å². The van der Waals surface area contributed by atoms with Crippen molar-refractivity contribution in [2.75, 3.05) is 38.2 Å². The average Bonchev–Trinajstić information content (AvgIpc) is 2.74. The first kappa shape index (κ1) is 24.4. The summed E-state index contributed by atoms with van der Waals surface area (Å²) in [6, 6.07) is 14.6. The van der Waals surface area contributed by atoms with E-state index in [0.29, 0.717) is 5.69 Å². The molecule has 1 amide bonds. The third-order valence-electron chi connectivity index (χ3n) is 5.40. The van der Waals surface area contributed by atoms with Gasteiger partial charge in [0.15, 0.2) is 0 Å². The Bertz CT molecular complexity index is 1010. The van der Waals surface area contributed by atoms with Gasteiger partial charge in [0.05, 0.1) is 18.1 Å². The molecule has 0 radical (unpaired) electrons. The third kappa shape index (κ3) is 7.13. The molecule has 32 heavy (non-hydrogen) atoms. The predicted molar refractivity (Wildman–Crippen MR) is 126 cm³/mol. The predicted octanol–water partition coefficient (Wildman–Crippen LogP) is 3.12. The minimum absolute atomic E-state index is 0.0304. The van der Waals surface area contributed by atoms with E-state index in [0.717, 1.165) is 44.0 Å². The molecule has 1 aliphatic heterocycles. The Morgan fingerprint density at radius 3 is 2.41 bits per heavy atom. The number of morpholine rings is 1. The van der Waals surface area contributed by atoms with E-state index >= 15 is 0 Å². The second kappa shape index (κ2) is 10.6. The number of nitrogens with one attached hydrogen (secondary N) is 2. The van der Waals surface area contributed by atoms with Crippen molar-refractivity contribution < 1.29 is 17.9 Å². The summed E-state index contributed by atoms with van der Waals surface area (Å²) in [7, 11) is -3.66. The maximum absolute atomic E-state index is 12.5. The van der Waals surface area contributed by atoms with E-state index in [1.54, 1.807) is 12.1 Å². The van der Waals surface area contributed by atoms with Crippen LogP contribution in [0.2, 0.25) is 0 Å². The van der Waals surface area contributed by atoms with E-state index in [9.17, 15) is 13.2 Å². The van der Waals surface area contributed by atoms with Crippen molar-refractivity contribution in [2.24, 2.45) is 0 Å². The van der Waals surface area contributed by atoms with Gasteiger partial charge in [-0.25, -0.2) is 13.1 Å². The van der Waals surface area contributed by atoms with Crippen LogP contribution >= 0.6 is 0 Å². The number of carbonyl (C=O) groups is 1. The lowest BCUT2D eigenvalue weighted by atomic mass is 9.87. The number of ether oxygens (including phenoxy) is 1. The number of hydrogen-bond acceptors (Lipinski definition) is 5. The molecule has 8 heteroatoms. The van der Waals surface area contributed by atoms with Gasteiger partial charge in [0.25, 0.3) is 0 Å². The standard InChI is InChI=1S/C24H33N3O4S/c1-24(2,3)20-7-9-22(10-8-20)32(29,30)25-12-11-23(28)26-21-6-4-5-19(17-21)18-27-13-15-31-16-14-27/h4-10,17,25H,11-16,18H2,1-3H3,(H,26,28). The van der Waals surface area contributed by atoms with Crippen LogP contribution in [0.5, 0.6) is 0 Å². The molecule has 1 fully saturated rings. The van der Waals surface area contributed by atoms with E-state index < -0.39 is 10.0 Å². The molecular weight excluding hydrogens is 426 g/mol. The van der Waals surface area contributed by atoms with Gasteiger partial charge in [-0.2, -0.15) is 0 Å². The van der Waals surface area contributed by atoms with Crippen molar-refractivity contribution in [1.82, 2.24) is 9.62 Å². The highest BCUT2D eigenvalue weighted by molar-refractivity contribution is 7.89. The summed E-state index contributed by atoms with van der Waals surface area (Å²) >= 11 is 0. The van der Waals surface area contributed by atoms with Crippen LogP contribution in [0.3, 0.4) is 0 Å². The molecule has 0 atom stereocenters. The van der Waals surface area contributed by atoms with Crippen LogP contribution in [-0.2, 0) is 31.5 Å². The summed E-state index contributed by atoms with van der Waals surface area (Å²) in [6.07, 6.45) is 0.0486. The van der Waals surface area contributed by atoms with Gasteiger partial charge >= 0.3 is 0 Å². The van der Waals surface area contributed by atoms with E-state index in [1.807, 2.05) is 36.4 Å². The average molecular weight is 460 g/mol. The van der Waals surface area contributed by atoms with Crippen LogP contribution in [0, 0.1) is 0 Å². The number of amides is 1. The normalized spacial score (nSPS) is 15.5. The Hall–Kier alpha value is -2.26. The SMILES string of the molecule is CC(C)(C)c1ccc(S(=O)(=O)NCCC(=O)Nc2cccc(CN3CCOCC3)c2)cc1. The molecule has 2 aromatic rings. The summed E-state index contributed by atoms with van der Waals surface area (Å²) in [6.45, 7) is 10.3. The lowest BCUT2D eigenvalue weighted by Gasteiger charge is -2.26. The fourth-order valence-corrected chi connectivity index (χ4v) is 4.54. The number of rotatable bonds is 8. The molecule has 3 rings (SSSR count). The van der Waals surface area contributed by atoms with Crippen molar-refractivity contribution in [3.8, 4) is 0 Å². The van der Waals surface area contributed by atoms with Crippen molar-refractivity contribution in [3.63, 3.8) is 0 Å². The maximum atomic E-state index is 12.5. The van der Waals surface area contributed by atoms with Crippen molar-refractivity contribution in [2.45, 2.75) is 44.0 Å². The lowest BCUT2D eigenvalue weighted by molar-refractivity contribution is -0.116. The zero-order valence-corrected chi connectivity index (χ0v) is 19.9. The molecule has 1 saturated heterocycles. The van der Waals surface area contributed by atoms with Crippen LogP contribution in [0.15, 0.2) is 53.4 Å². The van der Waals surface area contributed by atoms with E-state index in [2.05, 4.69) is 35.7 Å². The molecule has 0 bridgehead atoms. The van der Waals surface area contributed by atoms with Crippen molar-refractivity contribution >= 4 is 21.6 Å². The number of sulfonamides is 1. The number of hydrogen-bond donors (Lipinski definition) is 2.